The summed E-state index contributed by atoms with van der Waals surface area (Å²) >= 11 is 0. The summed E-state index contributed by atoms with van der Waals surface area (Å²) in [4.78, 5) is 3.78. The van der Waals surface area contributed by atoms with Crippen molar-refractivity contribution in [2.75, 3.05) is 12.3 Å². The van der Waals surface area contributed by atoms with Crippen LogP contribution in [-0.4, -0.2) is 35.2 Å². The van der Waals surface area contributed by atoms with Crippen LogP contribution in [0.25, 0.3) is 0 Å². The number of hydrogen-bond acceptors (Lipinski definition) is 5. The van der Waals surface area contributed by atoms with E-state index in [0.717, 1.165) is 19.3 Å². The summed E-state index contributed by atoms with van der Waals surface area (Å²) in [6, 6.07) is 0. The van der Waals surface area contributed by atoms with E-state index in [4.69, 9.17) is 5.73 Å². The number of aromatic nitrogens is 2. The Morgan fingerprint density at radius 3 is 2.58 bits per heavy atom. The van der Waals surface area contributed by atoms with E-state index in [1.54, 1.807) is 7.05 Å². The summed E-state index contributed by atoms with van der Waals surface area (Å²) in [5.74, 6) is -0.0288. The number of nitrogens with one attached hydrogen (secondary N) is 1. The summed E-state index contributed by atoms with van der Waals surface area (Å²) in [5, 5.41) is 9.51. The van der Waals surface area contributed by atoms with Crippen molar-refractivity contribution < 1.29 is 13.5 Å². The number of hydrogen-bond donors (Lipinski definition) is 3. The average Bonchev–Trinajstić information content (AvgIpc) is 2.70. The van der Waals surface area contributed by atoms with Crippen LogP contribution in [0.2, 0.25) is 0 Å². The first-order valence-electron chi connectivity index (χ1n) is 6.32. The molecule has 0 aromatic carbocycles. The molecule has 0 spiro atoms. The summed E-state index contributed by atoms with van der Waals surface area (Å²) in [6.07, 6.45) is 5.52. The third-order valence-electron chi connectivity index (χ3n) is 3.63. The van der Waals surface area contributed by atoms with Crippen molar-refractivity contribution in [1.29, 1.82) is 0 Å². The fourth-order valence-corrected chi connectivity index (χ4v) is 4.31. The molecule has 0 atom stereocenters. The van der Waals surface area contributed by atoms with Crippen LogP contribution in [0.15, 0.2) is 11.4 Å². The lowest BCUT2D eigenvalue weighted by Gasteiger charge is -2.35. The molecule has 4 N–H and O–H groups in total. The number of imidazole rings is 1. The predicted octanol–water partition coefficient (Wildman–Crippen LogP) is -0.0242. The average molecular weight is 288 g/mol. The lowest BCUT2D eigenvalue weighted by molar-refractivity contribution is 0.142. The molecule has 0 saturated heterocycles. The molecule has 1 aromatic heterocycles. The van der Waals surface area contributed by atoms with Gasteiger partial charge in [-0.15, -0.1) is 0 Å². The minimum atomic E-state index is -3.78. The van der Waals surface area contributed by atoms with Crippen LogP contribution < -0.4 is 10.5 Å². The Kier molecular flexibility index (Phi) is 3.84. The number of sulfonamides is 1. The molecule has 7 nitrogen and oxygen atoms in total. The Morgan fingerprint density at radius 2 is 2.11 bits per heavy atom. The summed E-state index contributed by atoms with van der Waals surface area (Å²) in [6.45, 7) is -0.204. The Balaban J connectivity index is 2.30. The molecular formula is C11H20N4O3S. The Morgan fingerprint density at radius 1 is 1.47 bits per heavy atom. The van der Waals surface area contributed by atoms with Gasteiger partial charge in [0.1, 0.15) is 0 Å². The molecule has 1 aliphatic rings. The van der Waals surface area contributed by atoms with Gasteiger partial charge in [0.05, 0.1) is 18.5 Å². The van der Waals surface area contributed by atoms with Crippen molar-refractivity contribution in [3.63, 3.8) is 0 Å². The normalized spacial score (nSPS) is 19.5. The highest BCUT2D eigenvalue weighted by molar-refractivity contribution is 7.89. The van der Waals surface area contributed by atoms with Gasteiger partial charge in [-0.1, -0.05) is 19.3 Å². The summed E-state index contributed by atoms with van der Waals surface area (Å²) in [7, 11) is -2.21. The van der Waals surface area contributed by atoms with E-state index < -0.39 is 15.6 Å². The van der Waals surface area contributed by atoms with Crippen molar-refractivity contribution in [3.8, 4) is 0 Å². The molecule has 1 fully saturated rings. The van der Waals surface area contributed by atoms with Gasteiger partial charge in [-0.3, -0.25) is 0 Å². The molecule has 1 aromatic rings. The van der Waals surface area contributed by atoms with Crippen LogP contribution in [-0.2, 0) is 17.1 Å². The summed E-state index contributed by atoms with van der Waals surface area (Å²) in [5.41, 5.74) is 4.83. The third-order valence-corrected chi connectivity index (χ3v) is 5.34. The number of nitrogen functional groups attached to an aromatic ring is 1. The molecular weight excluding hydrogens is 268 g/mol. The first kappa shape index (κ1) is 14.3. The van der Waals surface area contributed by atoms with Crippen LogP contribution in [0.5, 0.6) is 0 Å². The molecule has 1 saturated carbocycles. The van der Waals surface area contributed by atoms with Gasteiger partial charge in [-0.05, 0) is 12.8 Å². The number of aliphatic hydroxyl groups is 1. The zero-order chi connectivity index (χ0) is 14.1. The second kappa shape index (κ2) is 5.10. The number of nitrogens with zero attached hydrogens (tertiary/aromatic N) is 2. The van der Waals surface area contributed by atoms with Gasteiger partial charge in [0.2, 0.25) is 0 Å². The van der Waals surface area contributed by atoms with E-state index in [9.17, 15) is 13.5 Å². The molecule has 0 radical (unpaired) electrons. The predicted molar refractivity (Wildman–Crippen MR) is 70.8 cm³/mol. The largest absolute Gasteiger partial charge is 0.394 e. The van der Waals surface area contributed by atoms with Crippen LogP contribution in [0.3, 0.4) is 0 Å². The SMILES string of the molecule is Cn1cnc(N)c1S(=O)(=O)NC1(CO)CCCCC1. The highest BCUT2D eigenvalue weighted by atomic mass is 32.2. The van der Waals surface area contributed by atoms with Gasteiger partial charge in [-0.25, -0.2) is 18.1 Å². The smallest absolute Gasteiger partial charge is 0.260 e. The number of aryl methyl sites for hydroxylation is 1. The van der Waals surface area contributed by atoms with E-state index in [0.29, 0.717) is 12.8 Å². The van der Waals surface area contributed by atoms with Gasteiger partial charge < -0.3 is 15.4 Å². The molecule has 0 unspecified atom stereocenters. The van der Waals surface area contributed by atoms with Crippen LogP contribution in [0, 0.1) is 0 Å². The maximum atomic E-state index is 12.4. The quantitative estimate of drug-likeness (QED) is 0.721. The van der Waals surface area contributed by atoms with Crippen molar-refractivity contribution in [3.05, 3.63) is 6.33 Å². The second-order valence-corrected chi connectivity index (χ2v) is 6.75. The number of rotatable bonds is 4. The Labute approximate surface area is 112 Å². The number of aliphatic hydroxyl groups excluding tert-OH is 1. The van der Waals surface area contributed by atoms with E-state index in [-0.39, 0.29) is 17.5 Å². The maximum Gasteiger partial charge on any atom is 0.260 e. The second-order valence-electron chi connectivity index (χ2n) is 5.15. The molecule has 108 valence electrons. The van der Waals surface area contributed by atoms with Gasteiger partial charge in [0, 0.05) is 7.05 Å². The first-order chi connectivity index (χ1) is 8.90. The van der Waals surface area contributed by atoms with Crippen LogP contribution in [0.4, 0.5) is 5.82 Å². The number of anilines is 1. The van der Waals surface area contributed by atoms with Crippen molar-refractivity contribution in [2.24, 2.45) is 7.05 Å². The van der Waals surface area contributed by atoms with Crippen LogP contribution in [0.1, 0.15) is 32.1 Å². The molecule has 0 bridgehead atoms. The third kappa shape index (κ3) is 2.75. The van der Waals surface area contributed by atoms with E-state index in [2.05, 4.69) is 9.71 Å². The monoisotopic (exact) mass is 288 g/mol. The van der Waals surface area contributed by atoms with Crippen LogP contribution >= 0.6 is 0 Å². The molecule has 0 amide bonds. The fraction of sp³-hybridized carbons (Fsp3) is 0.727. The molecule has 8 heteroatoms. The standard InChI is InChI=1S/C11H20N4O3S/c1-15-8-13-9(12)10(15)19(17,18)14-11(7-16)5-3-2-4-6-11/h8,14,16H,2-7,12H2,1H3. The molecule has 19 heavy (non-hydrogen) atoms. The topological polar surface area (TPSA) is 110 Å². The Bertz CT molecular complexity index is 527. The van der Waals surface area contributed by atoms with Gasteiger partial charge in [0.25, 0.3) is 10.0 Å². The van der Waals surface area contributed by atoms with Crippen molar-refractivity contribution in [2.45, 2.75) is 42.7 Å². The highest BCUT2D eigenvalue weighted by Gasteiger charge is 2.37. The zero-order valence-corrected chi connectivity index (χ0v) is 11.8. The maximum absolute atomic E-state index is 12.4. The molecule has 2 rings (SSSR count). The molecule has 1 heterocycles. The minimum absolute atomic E-state index is 0.0288. The molecule has 0 aliphatic heterocycles. The van der Waals surface area contributed by atoms with Crippen molar-refractivity contribution in [1.82, 2.24) is 14.3 Å². The lowest BCUT2D eigenvalue weighted by atomic mass is 9.83. The summed E-state index contributed by atoms with van der Waals surface area (Å²) < 4.78 is 28.8. The van der Waals surface area contributed by atoms with E-state index >= 15 is 0 Å². The van der Waals surface area contributed by atoms with Crippen molar-refractivity contribution >= 4 is 15.8 Å². The highest BCUT2D eigenvalue weighted by Crippen LogP contribution is 2.30. The zero-order valence-electron chi connectivity index (χ0n) is 11.0. The number of nitrogens with two attached hydrogens (primary N) is 1. The minimum Gasteiger partial charge on any atom is -0.394 e. The molecule has 1 aliphatic carbocycles. The Hall–Kier alpha value is -1.12. The van der Waals surface area contributed by atoms with E-state index in [1.165, 1.54) is 10.9 Å². The first-order valence-corrected chi connectivity index (χ1v) is 7.80. The van der Waals surface area contributed by atoms with Gasteiger partial charge >= 0.3 is 0 Å². The van der Waals surface area contributed by atoms with Gasteiger partial charge in [0.15, 0.2) is 10.8 Å². The fourth-order valence-electron chi connectivity index (χ4n) is 2.62. The van der Waals surface area contributed by atoms with E-state index in [1.807, 2.05) is 0 Å². The van der Waals surface area contributed by atoms with Gasteiger partial charge in [-0.2, -0.15) is 0 Å². The lowest BCUT2D eigenvalue weighted by Crippen LogP contribution is -2.52.